The topological polar surface area (TPSA) is 111 Å². The monoisotopic (exact) mass is 574 g/mol. The number of pyridine rings is 1. The molecule has 2 aliphatic heterocycles. The highest BCUT2D eigenvalue weighted by molar-refractivity contribution is 6.07. The molecule has 0 bridgehead atoms. The maximum atomic E-state index is 14.2. The molecule has 216 valence electrons. The number of amides is 2. The number of hydrogen-bond acceptors (Lipinski definition) is 7. The van der Waals surface area contributed by atoms with Crippen molar-refractivity contribution in [2.45, 2.75) is 32.2 Å². The minimum Gasteiger partial charge on any atom is -0.497 e. The summed E-state index contributed by atoms with van der Waals surface area (Å²) in [5, 5.41) is 9.59. The molecule has 7 rings (SSSR count). The molecule has 5 heterocycles. The molecule has 5 aromatic rings. The zero-order valence-corrected chi connectivity index (χ0v) is 23.8. The second-order valence-corrected chi connectivity index (χ2v) is 10.6. The molecule has 2 aliphatic rings. The summed E-state index contributed by atoms with van der Waals surface area (Å²) in [6.07, 6.45) is 8.24. The second-order valence-electron chi connectivity index (χ2n) is 10.6. The maximum Gasteiger partial charge on any atom is 0.277 e. The van der Waals surface area contributed by atoms with Crippen LogP contribution in [0.15, 0.2) is 79.4 Å². The molecule has 2 amide bonds. The Balaban J connectivity index is 1.22. The van der Waals surface area contributed by atoms with E-state index in [4.69, 9.17) is 9.84 Å². The van der Waals surface area contributed by atoms with Crippen LogP contribution >= 0.6 is 0 Å². The fourth-order valence-electron chi connectivity index (χ4n) is 5.76. The Labute approximate surface area is 248 Å². The Morgan fingerprint density at radius 3 is 2.23 bits per heavy atom. The number of piperidine rings is 1. The largest absolute Gasteiger partial charge is 0.497 e. The molecule has 0 aliphatic carbocycles. The third kappa shape index (κ3) is 5.03. The number of methoxy groups -OCH3 is 1. The molecule has 1 fully saturated rings. The molecule has 0 atom stereocenters. The lowest BCUT2D eigenvalue weighted by molar-refractivity contribution is -0.119. The molecule has 11 heteroatoms. The van der Waals surface area contributed by atoms with Gasteiger partial charge < -0.3 is 14.5 Å². The van der Waals surface area contributed by atoms with Crippen molar-refractivity contribution in [3.05, 3.63) is 96.3 Å². The Hall–Kier alpha value is -5.32. The number of carbonyl (C=O) groups excluding carboxylic acids is 2. The number of nitrogens with zero attached hydrogens (tertiary/aromatic N) is 8. The molecule has 0 unspecified atom stereocenters. The lowest BCUT2D eigenvalue weighted by atomic mass is 10.0. The van der Waals surface area contributed by atoms with Crippen LogP contribution < -0.4 is 14.5 Å². The van der Waals surface area contributed by atoms with Crippen molar-refractivity contribution in [2.75, 3.05) is 30.0 Å². The van der Waals surface area contributed by atoms with E-state index in [1.807, 2.05) is 65.6 Å². The normalized spacial score (nSPS) is 15.1. The molecule has 0 saturated carbocycles. The Kier molecular flexibility index (Phi) is 6.90. The Bertz CT molecular complexity index is 1780. The van der Waals surface area contributed by atoms with Crippen molar-refractivity contribution in [3.63, 3.8) is 0 Å². The van der Waals surface area contributed by atoms with Crippen molar-refractivity contribution < 1.29 is 14.3 Å². The van der Waals surface area contributed by atoms with Crippen molar-refractivity contribution in [2.24, 2.45) is 0 Å². The lowest BCUT2D eigenvalue weighted by Crippen LogP contribution is -2.39. The highest BCUT2D eigenvalue weighted by Gasteiger charge is 2.33. The fraction of sp³-hybridized carbons (Fsp3) is 0.250. The highest BCUT2D eigenvalue weighted by Crippen LogP contribution is 2.31. The zero-order chi connectivity index (χ0) is 29.3. The van der Waals surface area contributed by atoms with Gasteiger partial charge in [-0.3, -0.25) is 14.6 Å². The minimum atomic E-state index is -0.131. The molecule has 2 aromatic carbocycles. The number of anilines is 2. The van der Waals surface area contributed by atoms with E-state index in [0.717, 1.165) is 59.0 Å². The standard InChI is InChI=1S/C32H30N8O3/c1-43-26-11-9-25(10-12-26)40-30-27(28(35-40)20-37-21-34-31(36-37)22-13-16-33-17-14-22)15-19-39(32(30)42)24-7-5-23(6-8-24)38-18-3-2-4-29(38)41/h5-14,16-17,21H,2-4,15,18-20H2,1H3. The lowest BCUT2D eigenvalue weighted by Gasteiger charge is -2.30. The number of fused-ring (bicyclic) bond motifs is 1. The van der Waals surface area contributed by atoms with Crippen LogP contribution in [-0.4, -0.2) is 61.5 Å². The van der Waals surface area contributed by atoms with Crippen LogP contribution in [0.5, 0.6) is 5.75 Å². The van der Waals surface area contributed by atoms with Gasteiger partial charge in [-0.25, -0.2) is 14.3 Å². The summed E-state index contributed by atoms with van der Waals surface area (Å²) in [5.41, 5.74) is 5.47. The Morgan fingerprint density at radius 2 is 1.51 bits per heavy atom. The highest BCUT2D eigenvalue weighted by atomic mass is 16.5. The van der Waals surface area contributed by atoms with Gasteiger partial charge >= 0.3 is 0 Å². The SMILES string of the molecule is COc1ccc(-n2nc(Cn3cnc(-c4ccncc4)n3)c3c2C(=O)N(c2ccc(N4CCCCC4=O)cc2)CC3)cc1. The van der Waals surface area contributed by atoms with Gasteiger partial charge in [-0.1, -0.05) is 0 Å². The minimum absolute atomic E-state index is 0.131. The molecule has 0 spiro atoms. The van der Waals surface area contributed by atoms with Gasteiger partial charge in [0.2, 0.25) is 5.91 Å². The summed E-state index contributed by atoms with van der Waals surface area (Å²) in [6, 6.07) is 18.9. The van der Waals surface area contributed by atoms with Crippen molar-refractivity contribution in [3.8, 4) is 22.8 Å². The predicted octanol–water partition coefficient (Wildman–Crippen LogP) is 4.30. The fourth-order valence-corrected chi connectivity index (χ4v) is 5.76. The number of carbonyl (C=O) groups is 2. The third-order valence-electron chi connectivity index (χ3n) is 8.00. The van der Waals surface area contributed by atoms with Gasteiger partial charge in [0, 0.05) is 54.4 Å². The maximum absolute atomic E-state index is 14.2. The molecule has 43 heavy (non-hydrogen) atoms. The third-order valence-corrected chi connectivity index (χ3v) is 8.00. The molecule has 11 nitrogen and oxygen atoms in total. The molecule has 0 N–H and O–H groups in total. The molecule has 1 saturated heterocycles. The van der Waals surface area contributed by atoms with E-state index in [9.17, 15) is 9.59 Å². The van der Waals surface area contributed by atoms with E-state index in [-0.39, 0.29) is 11.8 Å². The van der Waals surface area contributed by atoms with Gasteiger partial charge in [0.15, 0.2) is 5.82 Å². The van der Waals surface area contributed by atoms with Crippen LogP contribution in [0.3, 0.4) is 0 Å². The number of rotatable bonds is 7. The zero-order valence-electron chi connectivity index (χ0n) is 23.8. The first kappa shape index (κ1) is 26.6. The van der Waals surface area contributed by atoms with E-state index in [1.54, 1.807) is 40.1 Å². The summed E-state index contributed by atoms with van der Waals surface area (Å²) in [7, 11) is 1.62. The smallest absolute Gasteiger partial charge is 0.277 e. The van der Waals surface area contributed by atoms with E-state index in [2.05, 4.69) is 15.1 Å². The second kappa shape index (κ2) is 11.2. The van der Waals surface area contributed by atoms with Crippen LogP contribution in [0.2, 0.25) is 0 Å². The first-order chi connectivity index (χ1) is 21.1. The van der Waals surface area contributed by atoms with Crippen LogP contribution in [0.25, 0.3) is 17.1 Å². The van der Waals surface area contributed by atoms with Gasteiger partial charge in [0.1, 0.15) is 17.8 Å². The molecule has 0 radical (unpaired) electrons. The van der Waals surface area contributed by atoms with Crippen LogP contribution in [0.4, 0.5) is 11.4 Å². The van der Waals surface area contributed by atoms with Crippen LogP contribution in [-0.2, 0) is 17.8 Å². The van der Waals surface area contributed by atoms with Gasteiger partial charge in [0.25, 0.3) is 5.91 Å². The van der Waals surface area contributed by atoms with Gasteiger partial charge in [-0.15, -0.1) is 0 Å². The summed E-state index contributed by atoms with van der Waals surface area (Å²) in [6.45, 7) is 1.61. The van der Waals surface area contributed by atoms with Gasteiger partial charge in [0.05, 0.1) is 25.0 Å². The first-order valence-corrected chi connectivity index (χ1v) is 14.4. The van der Waals surface area contributed by atoms with E-state index in [0.29, 0.717) is 37.4 Å². The van der Waals surface area contributed by atoms with Crippen molar-refractivity contribution in [1.29, 1.82) is 0 Å². The number of benzene rings is 2. The Morgan fingerprint density at radius 1 is 0.791 bits per heavy atom. The first-order valence-electron chi connectivity index (χ1n) is 14.4. The van der Waals surface area contributed by atoms with Crippen molar-refractivity contribution in [1.82, 2.24) is 29.5 Å². The summed E-state index contributed by atoms with van der Waals surface area (Å²) < 4.78 is 8.81. The summed E-state index contributed by atoms with van der Waals surface area (Å²) in [5.74, 6) is 1.34. The quantitative estimate of drug-likeness (QED) is 0.285. The molecular weight excluding hydrogens is 544 g/mol. The molecular formula is C32H30N8O3. The summed E-state index contributed by atoms with van der Waals surface area (Å²) in [4.78, 5) is 38.7. The summed E-state index contributed by atoms with van der Waals surface area (Å²) >= 11 is 0. The predicted molar refractivity (Wildman–Crippen MR) is 160 cm³/mol. The average Bonchev–Trinajstić information content (AvgIpc) is 3.68. The average molecular weight is 575 g/mol. The van der Waals surface area contributed by atoms with Crippen LogP contribution in [0, 0.1) is 0 Å². The number of hydrogen-bond donors (Lipinski definition) is 0. The van der Waals surface area contributed by atoms with Crippen molar-refractivity contribution >= 4 is 23.2 Å². The van der Waals surface area contributed by atoms with Gasteiger partial charge in [-0.2, -0.15) is 10.2 Å². The molecule has 3 aromatic heterocycles. The van der Waals surface area contributed by atoms with Crippen LogP contribution in [0.1, 0.15) is 41.0 Å². The van der Waals surface area contributed by atoms with E-state index < -0.39 is 0 Å². The van der Waals surface area contributed by atoms with E-state index in [1.165, 1.54) is 0 Å². The van der Waals surface area contributed by atoms with Gasteiger partial charge in [-0.05, 0) is 79.9 Å². The number of ether oxygens (including phenoxy) is 1. The van der Waals surface area contributed by atoms with E-state index >= 15 is 0 Å². The number of aromatic nitrogens is 6.